The first kappa shape index (κ1) is 27.7. The molecule has 1 aliphatic rings. The van der Waals surface area contributed by atoms with Crippen LogP contribution >= 0.6 is 11.3 Å². The third-order valence-electron chi connectivity index (χ3n) is 7.19. The monoisotopic (exact) mass is 556 g/mol. The largest absolute Gasteiger partial charge is 0.490 e. The van der Waals surface area contributed by atoms with Crippen LogP contribution in [-0.2, 0) is 26.0 Å². The van der Waals surface area contributed by atoms with Crippen LogP contribution in [0.4, 0.5) is 5.00 Å². The summed E-state index contributed by atoms with van der Waals surface area (Å²) in [7, 11) is 0. The predicted octanol–water partition coefficient (Wildman–Crippen LogP) is 7.80. The van der Waals surface area contributed by atoms with Crippen LogP contribution < -0.4 is 14.8 Å². The van der Waals surface area contributed by atoms with Crippen LogP contribution in [0.3, 0.4) is 0 Å². The minimum atomic E-state index is -0.108. The first-order chi connectivity index (χ1) is 19.4. The maximum atomic E-state index is 13.3. The van der Waals surface area contributed by atoms with Crippen LogP contribution in [0.2, 0.25) is 0 Å². The quantitative estimate of drug-likeness (QED) is 0.202. The molecule has 0 aliphatic heterocycles. The van der Waals surface area contributed by atoms with Crippen molar-refractivity contribution in [3.8, 4) is 11.5 Å². The Morgan fingerprint density at radius 1 is 1.05 bits per heavy atom. The Morgan fingerprint density at radius 3 is 2.60 bits per heavy atom. The van der Waals surface area contributed by atoms with Crippen molar-refractivity contribution < 1.29 is 18.7 Å². The molecule has 208 valence electrons. The minimum Gasteiger partial charge on any atom is -0.490 e. The van der Waals surface area contributed by atoms with Crippen LogP contribution in [0.5, 0.6) is 11.5 Å². The van der Waals surface area contributed by atoms with E-state index in [0.717, 1.165) is 47.6 Å². The van der Waals surface area contributed by atoms with Gasteiger partial charge in [0, 0.05) is 11.1 Å². The Balaban J connectivity index is 1.37. The van der Waals surface area contributed by atoms with Gasteiger partial charge in [-0.25, -0.2) is 4.99 Å². The first-order valence-electron chi connectivity index (χ1n) is 13.9. The molecule has 1 N–H and O–H groups in total. The molecule has 0 saturated heterocycles. The molecule has 0 unspecified atom stereocenters. The lowest BCUT2D eigenvalue weighted by Gasteiger charge is -2.15. The zero-order chi connectivity index (χ0) is 28.1. The summed E-state index contributed by atoms with van der Waals surface area (Å²) in [6.45, 7) is 9.66. The fraction of sp³-hybridized carbons (Fsp3) is 0.333. The number of carbonyl (C=O) groups is 1. The average molecular weight is 557 g/mol. The van der Waals surface area contributed by atoms with Gasteiger partial charge in [0.1, 0.15) is 17.4 Å². The molecule has 40 heavy (non-hydrogen) atoms. The van der Waals surface area contributed by atoms with Crippen molar-refractivity contribution in [3.05, 3.63) is 98.3 Å². The third-order valence-corrected chi connectivity index (χ3v) is 8.39. The number of ether oxygens (including phenoxy) is 2. The van der Waals surface area contributed by atoms with Gasteiger partial charge in [-0.05, 0) is 112 Å². The van der Waals surface area contributed by atoms with Crippen molar-refractivity contribution in [2.24, 2.45) is 4.99 Å². The zero-order valence-electron chi connectivity index (χ0n) is 23.6. The van der Waals surface area contributed by atoms with Gasteiger partial charge in [0.2, 0.25) is 0 Å². The van der Waals surface area contributed by atoms with Gasteiger partial charge in [0.05, 0.1) is 25.0 Å². The van der Waals surface area contributed by atoms with Gasteiger partial charge in [0.25, 0.3) is 5.91 Å². The second-order valence-corrected chi connectivity index (χ2v) is 11.3. The highest BCUT2D eigenvalue weighted by atomic mass is 32.1. The number of carbonyl (C=O) groups excluding carboxylic acids is 1. The van der Waals surface area contributed by atoms with Gasteiger partial charge in [-0.15, -0.1) is 11.3 Å². The number of furan rings is 1. The number of benzene rings is 2. The van der Waals surface area contributed by atoms with Crippen LogP contribution in [0, 0.1) is 20.8 Å². The summed E-state index contributed by atoms with van der Waals surface area (Å²) in [5, 5.41) is 3.75. The number of aliphatic imine (C=N–C) groups is 1. The van der Waals surface area contributed by atoms with Crippen molar-refractivity contribution in [1.82, 2.24) is 5.32 Å². The summed E-state index contributed by atoms with van der Waals surface area (Å²) in [5.41, 5.74) is 7.60. The lowest BCUT2D eigenvalue weighted by molar-refractivity contribution is 0.0948. The normalized spacial score (nSPS) is 12.9. The van der Waals surface area contributed by atoms with Gasteiger partial charge >= 0.3 is 0 Å². The Hall–Kier alpha value is -3.84. The molecule has 1 amide bonds. The van der Waals surface area contributed by atoms with Crippen LogP contribution in [0.25, 0.3) is 0 Å². The Morgan fingerprint density at radius 2 is 1.85 bits per heavy atom. The van der Waals surface area contributed by atoms with E-state index in [0.29, 0.717) is 36.8 Å². The van der Waals surface area contributed by atoms with Gasteiger partial charge < -0.3 is 19.2 Å². The molecular weight excluding hydrogens is 520 g/mol. The molecule has 0 radical (unpaired) electrons. The maximum absolute atomic E-state index is 13.3. The second-order valence-electron chi connectivity index (χ2n) is 10.2. The highest BCUT2D eigenvalue weighted by molar-refractivity contribution is 7.16. The SMILES string of the molecule is CCOc1cc(C=Nc2sc3c(c2C(=O)NCc2ccco2)CCCC3)ccc1OCc1c(C)cc(C)cc1C. The van der Waals surface area contributed by atoms with Crippen molar-refractivity contribution in [3.63, 3.8) is 0 Å². The van der Waals surface area contributed by atoms with E-state index in [4.69, 9.17) is 18.9 Å². The number of rotatable bonds is 10. The van der Waals surface area contributed by atoms with E-state index in [1.807, 2.05) is 37.3 Å². The first-order valence-corrected chi connectivity index (χ1v) is 14.7. The Kier molecular flexibility index (Phi) is 8.70. The van der Waals surface area contributed by atoms with Crippen molar-refractivity contribution in [1.29, 1.82) is 0 Å². The van der Waals surface area contributed by atoms with E-state index >= 15 is 0 Å². The van der Waals surface area contributed by atoms with E-state index in [9.17, 15) is 4.79 Å². The molecule has 2 aromatic heterocycles. The van der Waals surface area contributed by atoms with E-state index < -0.39 is 0 Å². The van der Waals surface area contributed by atoms with Crippen LogP contribution in [-0.4, -0.2) is 18.7 Å². The number of nitrogens with zero attached hydrogens (tertiary/aromatic N) is 1. The summed E-state index contributed by atoms with van der Waals surface area (Å²) in [5.74, 6) is 1.99. The molecular formula is C33H36N2O4S. The minimum absolute atomic E-state index is 0.108. The lowest BCUT2D eigenvalue weighted by atomic mass is 9.95. The number of thiophene rings is 1. The van der Waals surface area contributed by atoms with Crippen molar-refractivity contribution in [2.45, 2.75) is 66.5 Å². The van der Waals surface area contributed by atoms with Gasteiger partial charge in [0.15, 0.2) is 11.5 Å². The predicted molar refractivity (Wildman–Crippen MR) is 161 cm³/mol. The summed E-state index contributed by atoms with van der Waals surface area (Å²) < 4.78 is 17.6. The number of amides is 1. The number of nitrogens with one attached hydrogen (secondary N) is 1. The van der Waals surface area contributed by atoms with Gasteiger partial charge in [-0.3, -0.25) is 4.79 Å². The summed E-state index contributed by atoms with van der Waals surface area (Å²) >= 11 is 1.62. The second kappa shape index (κ2) is 12.6. The Labute approximate surface area is 240 Å². The highest BCUT2D eigenvalue weighted by Crippen LogP contribution is 2.40. The Bertz CT molecular complexity index is 1490. The average Bonchev–Trinajstić information content (AvgIpc) is 3.59. The van der Waals surface area contributed by atoms with E-state index in [-0.39, 0.29) is 5.91 Å². The topological polar surface area (TPSA) is 73.1 Å². The molecule has 4 aromatic rings. The molecule has 7 heteroatoms. The van der Waals surface area contributed by atoms with E-state index in [2.05, 4.69) is 38.2 Å². The fourth-order valence-electron chi connectivity index (χ4n) is 5.26. The fourth-order valence-corrected chi connectivity index (χ4v) is 6.49. The molecule has 1 aliphatic carbocycles. The number of hydrogen-bond acceptors (Lipinski definition) is 6. The molecule has 0 fully saturated rings. The molecule has 6 nitrogen and oxygen atoms in total. The number of hydrogen-bond donors (Lipinski definition) is 1. The maximum Gasteiger partial charge on any atom is 0.255 e. The number of aryl methyl sites for hydroxylation is 4. The molecule has 0 bridgehead atoms. The molecule has 2 heterocycles. The third kappa shape index (κ3) is 6.31. The summed E-state index contributed by atoms with van der Waals surface area (Å²) in [6.07, 6.45) is 7.55. The molecule has 5 rings (SSSR count). The van der Waals surface area contributed by atoms with E-state index in [1.165, 1.54) is 27.1 Å². The lowest BCUT2D eigenvalue weighted by Crippen LogP contribution is -2.23. The molecule has 0 atom stereocenters. The van der Waals surface area contributed by atoms with Crippen molar-refractivity contribution in [2.75, 3.05) is 6.61 Å². The summed E-state index contributed by atoms with van der Waals surface area (Å²) in [4.78, 5) is 19.4. The number of fused-ring (bicyclic) bond motifs is 1. The molecule has 2 aromatic carbocycles. The van der Waals surface area contributed by atoms with E-state index in [1.54, 1.807) is 23.8 Å². The van der Waals surface area contributed by atoms with Gasteiger partial charge in [-0.1, -0.05) is 17.7 Å². The molecule has 0 saturated carbocycles. The van der Waals surface area contributed by atoms with Crippen LogP contribution in [0.1, 0.15) is 74.1 Å². The summed E-state index contributed by atoms with van der Waals surface area (Å²) in [6, 6.07) is 13.9. The van der Waals surface area contributed by atoms with Crippen molar-refractivity contribution >= 4 is 28.5 Å². The highest BCUT2D eigenvalue weighted by Gasteiger charge is 2.25. The standard InChI is InChI=1S/C33H36N2O4S/c1-5-37-29-17-24(12-13-28(29)39-20-27-22(3)15-21(2)16-23(27)4)18-35-33-31(26-10-6-7-11-30(26)40-33)32(36)34-19-25-9-8-14-38-25/h8-9,12-18H,5-7,10-11,19-20H2,1-4H3,(H,34,36). The smallest absolute Gasteiger partial charge is 0.255 e. The zero-order valence-corrected chi connectivity index (χ0v) is 24.5. The molecule has 0 spiro atoms. The van der Waals surface area contributed by atoms with Gasteiger partial charge in [-0.2, -0.15) is 0 Å². The van der Waals surface area contributed by atoms with Crippen LogP contribution in [0.15, 0.2) is 58.1 Å².